The van der Waals surface area contributed by atoms with Crippen LogP contribution in [-0.2, 0) is 21.4 Å². The van der Waals surface area contributed by atoms with Gasteiger partial charge in [0, 0.05) is 32.7 Å². The summed E-state index contributed by atoms with van der Waals surface area (Å²) in [5.74, 6) is 1.21. The highest BCUT2D eigenvalue weighted by atomic mass is 35.5. The molecule has 1 saturated heterocycles. The van der Waals surface area contributed by atoms with E-state index >= 15 is 0 Å². The van der Waals surface area contributed by atoms with Gasteiger partial charge in [-0.1, -0.05) is 47.0 Å². The van der Waals surface area contributed by atoms with E-state index in [-0.39, 0.29) is 34.9 Å². The number of amides is 1. The number of carbonyl (C=O) groups is 1. The third kappa shape index (κ3) is 5.71. The normalized spacial score (nSPS) is 15.5. The number of carbonyl (C=O) groups excluding carboxylic acids is 1. The number of sulfonamides is 1. The second kappa shape index (κ2) is 11.0. The zero-order valence-electron chi connectivity index (χ0n) is 20.8. The molecule has 0 spiro atoms. The van der Waals surface area contributed by atoms with Gasteiger partial charge in [-0.25, -0.2) is 8.42 Å². The Balaban J connectivity index is 1.29. The second-order valence-electron chi connectivity index (χ2n) is 9.27. The van der Waals surface area contributed by atoms with E-state index in [2.05, 4.69) is 4.90 Å². The van der Waals surface area contributed by atoms with Gasteiger partial charge in [-0.2, -0.15) is 0 Å². The second-order valence-corrected chi connectivity index (χ2v) is 11.9. The largest absolute Gasteiger partial charge is 0.454 e. The number of fused-ring (bicyclic) bond motifs is 1. The summed E-state index contributed by atoms with van der Waals surface area (Å²) >= 11 is 12.3. The van der Waals surface area contributed by atoms with E-state index in [9.17, 15) is 13.2 Å². The number of anilines is 1. The van der Waals surface area contributed by atoms with Crippen LogP contribution in [0.1, 0.15) is 11.1 Å². The lowest BCUT2D eigenvalue weighted by atomic mass is 10.1. The average molecular weight is 577 g/mol. The number of hydrogen-bond acceptors (Lipinski definition) is 6. The molecule has 0 saturated carbocycles. The van der Waals surface area contributed by atoms with E-state index in [1.165, 1.54) is 24.3 Å². The summed E-state index contributed by atoms with van der Waals surface area (Å²) < 4.78 is 39.2. The third-order valence-electron chi connectivity index (χ3n) is 6.65. The Bertz CT molecular complexity index is 1440. The molecule has 0 atom stereocenters. The summed E-state index contributed by atoms with van der Waals surface area (Å²) in [7, 11) is -4.04. The number of piperazine rings is 1. The summed E-state index contributed by atoms with van der Waals surface area (Å²) in [5, 5.41) is 0.505. The van der Waals surface area contributed by atoms with E-state index in [0.717, 1.165) is 33.5 Å². The fraction of sp³-hybridized carbons (Fsp3) is 0.296. The number of hydrogen-bond donors (Lipinski definition) is 0. The minimum atomic E-state index is -4.04. The molecule has 11 heteroatoms. The van der Waals surface area contributed by atoms with Crippen molar-refractivity contribution in [1.82, 2.24) is 9.80 Å². The maximum Gasteiger partial charge on any atom is 0.264 e. The van der Waals surface area contributed by atoms with Gasteiger partial charge < -0.3 is 14.4 Å². The molecule has 2 aliphatic heterocycles. The Labute approximate surface area is 232 Å². The van der Waals surface area contributed by atoms with Crippen molar-refractivity contribution in [2.24, 2.45) is 0 Å². The Morgan fingerprint density at radius 2 is 1.61 bits per heavy atom. The van der Waals surface area contributed by atoms with Gasteiger partial charge in [-0.3, -0.25) is 14.0 Å². The van der Waals surface area contributed by atoms with Crippen molar-refractivity contribution in [2.75, 3.05) is 43.8 Å². The Morgan fingerprint density at radius 3 is 2.32 bits per heavy atom. The molecule has 0 aliphatic carbocycles. The number of nitrogens with zero attached hydrogens (tertiary/aromatic N) is 3. The molecule has 1 amide bonds. The predicted molar refractivity (Wildman–Crippen MR) is 147 cm³/mol. The SMILES string of the molecule is Cc1ccc(S(=O)(=O)N(CC(=O)N2CCN(Cc3ccc4c(c3)OCO4)CC2)c2ccc(Cl)c(Cl)c2)cc1. The average Bonchev–Trinajstić information content (AvgIpc) is 3.37. The third-order valence-corrected chi connectivity index (χ3v) is 9.17. The molecule has 38 heavy (non-hydrogen) atoms. The van der Waals surface area contributed by atoms with Crippen molar-refractivity contribution >= 4 is 44.8 Å². The van der Waals surface area contributed by atoms with Crippen molar-refractivity contribution in [1.29, 1.82) is 0 Å². The molecule has 0 bridgehead atoms. The molecule has 8 nitrogen and oxygen atoms in total. The Hall–Kier alpha value is -2.98. The summed E-state index contributed by atoms with van der Waals surface area (Å²) in [6.07, 6.45) is 0. The molecule has 5 rings (SSSR count). The van der Waals surface area contributed by atoms with Crippen molar-refractivity contribution in [3.8, 4) is 11.5 Å². The summed E-state index contributed by atoms with van der Waals surface area (Å²) in [6.45, 7) is 4.79. The van der Waals surface area contributed by atoms with Crippen molar-refractivity contribution < 1.29 is 22.7 Å². The molecule has 0 aromatic heterocycles. The highest BCUT2D eigenvalue weighted by molar-refractivity contribution is 7.92. The molecule has 0 N–H and O–H groups in total. The number of ether oxygens (including phenoxy) is 2. The van der Waals surface area contributed by atoms with Crippen LogP contribution in [0.25, 0.3) is 0 Å². The fourth-order valence-electron chi connectivity index (χ4n) is 4.47. The fourth-order valence-corrected chi connectivity index (χ4v) is 6.17. The number of halogens is 2. The predicted octanol–water partition coefficient (Wildman–Crippen LogP) is 4.57. The zero-order valence-corrected chi connectivity index (χ0v) is 23.1. The van der Waals surface area contributed by atoms with Crippen LogP contribution < -0.4 is 13.8 Å². The molecule has 3 aromatic rings. The highest BCUT2D eigenvalue weighted by Gasteiger charge is 2.30. The number of benzene rings is 3. The van der Waals surface area contributed by atoms with Gasteiger partial charge in [0.2, 0.25) is 12.7 Å². The van der Waals surface area contributed by atoms with Gasteiger partial charge in [0.1, 0.15) is 6.54 Å². The van der Waals surface area contributed by atoms with E-state index < -0.39 is 10.0 Å². The molecule has 1 fully saturated rings. The molecule has 3 aromatic carbocycles. The van der Waals surface area contributed by atoms with Gasteiger partial charge in [0.05, 0.1) is 20.6 Å². The molecule has 2 aliphatic rings. The van der Waals surface area contributed by atoms with Crippen molar-refractivity contribution in [3.05, 3.63) is 81.8 Å². The first kappa shape index (κ1) is 26.6. The van der Waals surface area contributed by atoms with Crippen LogP contribution in [0.15, 0.2) is 65.6 Å². The van der Waals surface area contributed by atoms with Crippen LogP contribution in [0.4, 0.5) is 5.69 Å². The molecule has 200 valence electrons. The lowest BCUT2D eigenvalue weighted by Gasteiger charge is -2.36. The monoisotopic (exact) mass is 575 g/mol. The smallest absolute Gasteiger partial charge is 0.264 e. The van der Waals surface area contributed by atoms with Gasteiger partial charge in [-0.15, -0.1) is 0 Å². The Morgan fingerprint density at radius 1 is 0.895 bits per heavy atom. The lowest BCUT2D eigenvalue weighted by molar-refractivity contribution is -0.131. The van der Waals surface area contributed by atoms with Crippen LogP contribution in [-0.4, -0.2) is 63.6 Å². The van der Waals surface area contributed by atoms with Gasteiger partial charge in [-0.05, 0) is 55.0 Å². The van der Waals surface area contributed by atoms with Crippen LogP contribution in [0.3, 0.4) is 0 Å². The number of rotatable bonds is 7. The highest BCUT2D eigenvalue weighted by Crippen LogP contribution is 2.33. The molecule has 0 radical (unpaired) electrons. The molecular formula is C27H27Cl2N3O5S. The first-order valence-electron chi connectivity index (χ1n) is 12.1. The standard InChI is InChI=1S/C27H27Cl2N3O5S/c1-19-2-6-22(7-3-19)38(34,35)32(21-5-8-23(28)24(29)15-21)17-27(33)31-12-10-30(11-13-31)16-20-4-9-25-26(14-20)37-18-36-25/h2-9,14-15H,10-13,16-18H2,1H3. The lowest BCUT2D eigenvalue weighted by Crippen LogP contribution is -2.51. The van der Waals surface area contributed by atoms with Crippen molar-refractivity contribution in [3.63, 3.8) is 0 Å². The minimum absolute atomic E-state index is 0.0931. The van der Waals surface area contributed by atoms with Crippen LogP contribution in [0.2, 0.25) is 10.0 Å². The van der Waals surface area contributed by atoms with E-state index in [4.69, 9.17) is 32.7 Å². The maximum absolute atomic E-state index is 13.6. The van der Waals surface area contributed by atoms with Crippen LogP contribution in [0.5, 0.6) is 11.5 Å². The first-order chi connectivity index (χ1) is 18.2. The summed E-state index contributed by atoms with van der Waals surface area (Å²) in [4.78, 5) is 17.4. The minimum Gasteiger partial charge on any atom is -0.454 e. The van der Waals surface area contributed by atoms with E-state index in [1.54, 1.807) is 23.1 Å². The van der Waals surface area contributed by atoms with E-state index in [0.29, 0.717) is 31.2 Å². The van der Waals surface area contributed by atoms with Gasteiger partial charge in [0.15, 0.2) is 11.5 Å². The van der Waals surface area contributed by atoms with Crippen LogP contribution >= 0.6 is 23.2 Å². The molecular weight excluding hydrogens is 549 g/mol. The van der Waals surface area contributed by atoms with Crippen molar-refractivity contribution in [2.45, 2.75) is 18.4 Å². The first-order valence-corrected chi connectivity index (χ1v) is 14.3. The summed E-state index contributed by atoms with van der Waals surface area (Å²) in [6, 6.07) is 17.0. The van der Waals surface area contributed by atoms with Crippen LogP contribution in [0, 0.1) is 6.92 Å². The summed E-state index contributed by atoms with van der Waals surface area (Å²) in [5.41, 5.74) is 2.30. The van der Waals surface area contributed by atoms with Gasteiger partial charge in [0.25, 0.3) is 10.0 Å². The quantitative estimate of drug-likeness (QED) is 0.410. The topological polar surface area (TPSA) is 79.4 Å². The van der Waals surface area contributed by atoms with Gasteiger partial charge >= 0.3 is 0 Å². The Kier molecular flexibility index (Phi) is 7.72. The molecule has 2 heterocycles. The van der Waals surface area contributed by atoms with E-state index in [1.807, 2.05) is 25.1 Å². The maximum atomic E-state index is 13.6. The number of aryl methyl sites for hydroxylation is 1. The zero-order chi connectivity index (χ0) is 26.9. The molecule has 0 unspecified atom stereocenters.